The van der Waals surface area contributed by atoms with Gasteiger partial charge < -0.3 is 19.7 Å². The fourth-order valence-corrected chi connectivity index (χ4v) is 2.39. The van der Waals surface area contributed by atoms with Crippen LogP contribution in [0.15, 0.2) is 24.3 Å². The molecule has 1 atom stereocenters. The van der Waals surface area contributed by atoms with E-state index in [0.29, 0.717) is 24.8 Å². The maximum Gasteiger partial charge on any atom is 0.253 e. The molecule has 1 fully saturated rings. The summed E-state index contributed by atoms with van der Waals surface area (Å²) in [5.74, 6) is 0.880. The molecule has 0 saturated carbocycles. The van der Waals surface area contributed by atoms with E-state index in [0.717, 1.165) is 31.8 Å². The molecule has 1 aliphatic rings. The van der Waals surface area contributed by atoms with Gasteiger partial charge in [-0.3, -0.25) is 4.79 Å². The minimum atomic E-state index is 0. The largest absolute Gasteiger partial charge is 0.494 e. The standard InChI is InChI=1S/C16H24N2O3.ClH/c1-13-12-18(9-8-17-13)16(19)14-4-6-15(7-5-14)21-11-3-10-20-2;/h4-7,13,17H,3,8-12H2,1-2H3;1H. The molecular formula is C16H25ClN2O3. The van der Waals surface area contributed by atoms with Gasteiger partial charge in [0.15, 0.2) is 0 Å². The molecule has 1 unspecified atom stereocenters. The molecule has 0 spiro atoms. The maximum absolute atomic E-state index is 12.4. The number of amides is 1. The van der Waals surface area contributed by atoms with Crippen molar-refractivity contribution in [3.8, 4) is 5.75 Å². The Hall–Kier alpha value is -1.30. The average Bonchev–Trinajstić information content (AvgIpc) is 2.51. The molecule has 1 amide bonds. The number of carbonyl (C=O) groups is 1. The Morgan fingerprint density at radius 3 is 2.68 bits per heavy atom. The third-order valence-electron chi connectivity index (χ3n) is 3.52. The van der Waals surface area contributed by atoms with Gasteiger partial charge in [0.1, 0.15) is 5.75 Å². The zero-order valence-electron chi connectivity index (χ0n) is 13.2. The molecule has 22 heavy (non-hydrogen) atoms. The van der Waals surface area contributed by atoms with E-state index in [1.54, 1.807) is 7.11 Å². The van der Waals surface area contributed by atoms with Crippen LogP contribution in [0.3, 0.4) is 0 Å². The number of benzene rings is 1. The van der Waals surface area contributed by atoms with Crippen LogP contribution in [0.2, 0.25) is 0 Å². The summed E-state index contributed by atoms with van der Waals surface area (Å²) in [6, 6.07) is 7.73. The quantitative estimate of drug-likeness (QED) is 0.811. The molecule has 0 bridgehead atoms. The van der Waals surface area contributed by atoms with Crippen LogP contribution >= 0.6 is 12.4 Å². The molecule has 124 valence electrons. The topological polar surface area (TPSA) is 50.8 Å². The molecule has 0 aromatic heterocycles. The fourth-order valence-electron chi connectivity index (χ4n) is 2.39. The molecule has 0 aliphatic carbocycles. The van der Waals surface area contributed by atoms with Gasteiger partial charge in [0, 0.05) is 51.4 Å². The average molecular weight is 329 g/mol. The van der Waals surface area contributed by atoms with Crippen molar-refractivity contribution in [2.45, 2.75) is 19.4 Å². The summed E-state index contributed by atoms with van der Waals surface area (Å²) in [6.45, 7) is 5.78. The Morgan fingerprint density at radius 1 is 1.32 bits per heavy atom. The van der Waals surface area contributed by atoms with Gasteiger partial charge in [-0.2, -0.15) is 0 Å². The molecule has 1 aromatic carbocycles. The lowest BCUT2D eigenvalue weighted by Crippen LogP contribution is -2.51. The van der Waals surface area contributed by atoms with Crippen LogP contribution in [-0.4, -0.2) is 56.8 Å². The van der Waals surface area contributed by atoms with E-state index in [9.17, 15) is 4.79 Å². The highest BCUT2D eigenvalue weighted by molar-refractivity contribution is 5.94. The van der Waals surface area contributed by atoms with Crippen LogP contribution in [0.5, 0.6) is 5.75 Å². The number of hydrogen-bond donors (Lipinski definition) is 1. The van der Waals surface area contributed by atoms with Crippen molar-refractivity contribution in [2.24, 2.45) is 0 Å². The highest BCUT2D eigenvalue weighted by Crippen LogP contribution is 2.15. The Morgan fingerprint density at radius 2 is 2.05 bits per heavy atom. The van der Waals surface area contributed by atoms with Gasteiger partial charge in [0.2, 0.25) is 0 Å². The molecule has 5 nitrogen and oxygen atoms in total. The third-order valence-corrected chi connectivity index (χ3v) is 3.52. The highest BCUT2D eigenvalue weighted by atomic mass is 35.5. The van der Waals surface area contributed by atoms with E-state index in [1.165, 1.54) is 0 Å². The molecule has 0 radical (unpaired) electrons. The van der Waals surface area contributed by atoms with E-state index in [1.807, 2.05) is 29.2 Å². The number of nitrogens with one attached hydrogen (secondary N) is 1. The lowest BCUT2D eigenvalue weighted by molar-refractivity contribution is 0.0709. The summed E-state index contributed by atoms with van der Waals surface area (Å²) in [5, 5.41) is 3.34. The van der Waals surface area contributed by atoms with Crippen molar-refractivity contribution in [1.29, 1.82) is 0 Å². The number of piperazine rings is 1. The van der Waals surface area contributed by atoms with E-state index in [4.69, 9.17) is 9.47 Å². The van der Waals surface area contributed by atoms with Gasteiger partial charge >= 0.3 is 0 Å². The summed E-state index contributed by atoms with van der Waals surface area (Å²) in [5.41, 5.74) is 0.716. The molecule has 1 saturated heterocycles. The first-order valence-corrected chi connectivity index (χ1v) is 7.45. The summed E-state index contributed by atoms with van der Waals surface area (Å²) >= 11 is 0. The summed E-state index contributed by atoms with van der Waals surface area (Å²) in [7, 11) is 1.68. The lowest BCUT2D eigenvalue weighted by atomic mass is 10.1. The highest BCUT2D eigenvalue weighted by Gasteiger charge is 2.21. The number of hydrogen-bond acceptors (Lipinski definition) is 4. The van der Waals surface area contributed by atoms with Gasteiger partial charge in [0.25, 0.3) is 5.91 Å². The Balaban J connectivity index is 0.00000242. The van der Waals surface area contributed by atoms with E-state index in [-0.39, 0.29) is 18.3 Å². The summed E-state index contributed by atoms with van der Waals surface area (Å²) < 4.78 is 10.6. The normalized spacial score (nSPS) is 17.7. The van der Waals surface area contributed by atoms with Crippen LogP contribution in [0.25, 0.3) is 0 Å². The Kier molecular flexibility index (Phi) is 8.24. The first kappa shape index (κ1) is 18.7. The fraction of sp³-hybridized carbons (Fsp3) is 0.562. The SMILES string of the molecule is COCCCOc1ccc(C(=O)N2CCNC(C)C2)cc1.Cl. The number of nitrogens with zero attached hydrogens (tertiary/aromatic N) is 1. The lowest BCUT2D eigenvalue weighted by Gasteiger charge is -2.32. The van der Waals surface area contributed by atoms with Crippen LogP contribution in [0.4, 0.5) is 0 Å². The smallest absolute Gasteiger partial charge is 0.253 e. The van der Waals surface area contributed by atoms with E-state index in [2.05, 4.69) is 12.2 Å². The Labute approximate surface area is 138 Å². The third kappa shape index (κ3) is 5.48. The van der Waals surface area contributed by atoms with Crippen molar-refractivity contribution in [1.82, 2.24) is 10.2 Å². The van der Waals surface area contributed by atoms with Crippen molar-refractivity contribution < 1.29 is 14.3 Å². The number of halogens is 1. The predicted molar refractivity (Wildman–Crippen MR) is 89.0 cm³/mol. The van der Waals surface area contributed by atoms with Crippen LogP contribution < -0.4 is 10.1 Å². The zero-order chi connectivity index (χ0) is 15.1. The molecule has 1 aliphatic heterocycles. The second kappa shape index (κ2) is 9.66. The minimum Gasteiger partial charge on any atom is -0.494 e. The minimum absolute atomic E-state index is 0. The van der Waals surface area contributed by atoms with Gasteiger partial charge in [-0.1, -0.05) is 0 Å². The van der Waals surface area contributed by atoms with Gasteiger partial charge in [-0.05, 0) is 31.2 Å². The summed E-state index contributed by atoms with van der Waals surface area (Å²) in [4.78, 5) is 14.3. The van der Waals surface area contributed by atoms with Gasteiger partial charge in [0.05, 0.1) is 6.61 Å². The van der Waals surface area contributed by atoms with Crippen molar-refractivity contribution in [3.05, 3.63) is 29.8 Å². The number of carbonyl (C=O) groups excluding carboxylic acids is 1. The van der Waals surface area contributed by atoms with Crippen molar-refractivity contribution in [3.63, 3.8) is 0 Å². The maximum atomic E-state index is 12.4. The number of rotatable bonds is 6. The van der Waals surface area contributed by atoms with Crippen LogP contribution in [-0.2, 0) is 4.74 Å². The van der Waals surface area contributed by atoms with Crippen LogP contribution in [0.1, 0.15) is 23.7 Å². The molecule has 6 heteroatoms. The second-order valence-corrected chi connectivity index (χ2v) is 5.33. The van der Waals surface area contributed by atoms with Crippen molar-refractivity contribution in [2.75, 3.05) is 40.0 Å². The molecule has 2 rings (SSSR count). The van der Waals surface area contributed by atoms with Crippen LogP contribution in [0, 0.1) is 0 Å². The molecule has 1 heterocycles. The number of methoxy groups -OCH3 is 1. The zero-order valence-corrected chi connectivity index (χ0v) is 14.0. The van der Waals surface area contributed by atoms with Gasteiger partial charge in [-0.25, -0.2) is 0 Å². The molecule has 1 aromatic rings. The Bertz CT molecular complexity index is 453. The molecule has 1 N–H and O–H groups in total. The first-order chi connectivity index (χ1) is 10.2. The molecular weight excluding hydrogens is 304 g/mol. The van der Waals surface area contributed by atoms with E-state index >= 15 is 0 Å². The van der Waals surface area contributed by atoms with E-state index < -0.39 is 0 Å². The first-order valence-electron chi connectivity index (χ1n) is 7.45. The number of ether oxygens (including phenoxy) is 2. The second-order valence-electron chi connectivity index (χ2n) is 5.33. The predicted octanol–water partition coefficient (Wildman–Crippen LogP) is 1.96. The van der Waals surface area contributed by atoms with Gasteiger partial charge in [-0.15, -0.1) is 12.4 Å². The van der Waals surface area contributed by atoms with Crippen molar-refractivity contribution >= 4 is 18.3 Å². The monoisotopic (exact) mass is 328 g/mol. The summed E-state index contributed by atoms with van der Waals surface area (Å²) in [6.07, 6.45) is 0.857.